The topological polar surface area (TPSA) is 74.6 Å². The summed E-state index contributed by atoms with van der Waals surface area (Å²) in [5.74, 6) is 0.857. The highest BCUT2D eigenvalue weighted by Crippen LogP contribution is 2.34. The van der Waals surface area contributed by atoms with Crippen LogP contribution in [0, 0.1) is 0 Å². The number of anilines is 1. The largest absolute Gasteiger partial charge is 0.508 e. The fraction of sp³-hybridized carbons (Fsp3) is 0.118. The molecule has 0 bridgehead atoms. The average Bonchev–Trinajstić information content (AvgIpc) is 3.02. The first-order valence-electron chi connectivity index (χ1n) is 7.01. The van der Waals surface area contributed by atoms with Crippen LogP contribution in [0.2, 0.25) is 0 Å². The average molecular weight is 328 g/mol. The van der Waals surface area contributed by atoms with Crippen LogP contribution in [0.4, 0.5) is 5.13 Å². The van der Waals surface area contributed by atoms with Gasteiger partial charge in [-0.05, 0) is 18.2 Å². The second-order valence-corrected chi connectivity index (χ2v) is 5.76. The van der Waals surface area contributed by atoms with Crippen molar-refractivity contribution >= 4 is 16.5 Å². The highest BCUT2D eigenvalue weighted by atomic mass is 32.1. The minimum atomic E-state index is 0.00609. The predicted octanol–water partition coefficient (Wildman–Crippen LogP) is 3.84. The molecule has 1 heterocycles. The van der Waals surface area contributed by atoms with Crippen LogP contribution in [-0.4, -0.2) is 22.3 Å². The maximum Gasteiger partial charge on any atom is 0.183 e. The number of aromatic nitrogens is 1. The number of thiazole rings is 1. The Labute approximate surface area is 137 Å². The van der Waals surface area contributed by atoms with Gasteiger partial charge in [0.1, 0.15) is 17.2 Å². The van der Waals surface area contributed by atoms with Gasteiger partial charge in [0.05, 0.1) is 12.8 Å². The van der Waals surface area contributed by atoms with Crippen LogP contribution in [0.3, 0.4) is 0 Å². The Kier molecular flexibility index (Phi) is 4.34. The lowest BCUT2D eigenvalue weighted by Gasteiger charge is -2.08. The molecule has 1 aromatic heterocycles. The summed E-state index contributed by atoms with van der Waals surface area (Å²) in [6.07, 6.45) is 0. The van der Waals surface area contributed by atoms with Crippen LogP contribution < -0.4 is 10.1 Å². The molecule has 0 fully saturated rings. The molecule has 0 saturated heterocycles. The third-order valence-electron chi connectivity index (χ3n) is 3.38. The number of para-hydroxylation sites is 1. The van der Waals surface area contributed by atoms with Gasteiger partial charge < -0.3 is 20.3 Å². The lowest BCUT2D eigenvalue weighted by Crippen LogP contribution is -2.01. The summed E-state index contributed by atoms with van der Waals surface area (Å²) in [4.78, 5) is 4.47. The maximum absolute atomic E-state index is 9.90. The van der Waals surface area contributed by atoms with Crippen LogP contribution in [0.15, 0.2) is 47.8 Å². The van der Waals surface area contributed by atoms with Gasteiger partial charge in [-0.2, -0.15) is 0 Å². The standard InChI is InChI=1S/C17H16N2O3S/c1-22-16-5-3-2-4-11(16)9-18-17-19-14(10-23-17)13-7-6-12(20)8-15(13)21/h2-8,10,20-21H,9H2,1H3,(H,18,19). The van der Waals surface area contributed by atoms with E-state index in [4.69, 9.17) is 4.74 Å². The molecule has 0 atom stereocenters. The SMILES string of the molecule is COc1ccccc1CNc1nc(-c2ccc(O)cc2O)cs1. The van der Waals surface area contributed by atoms with E-state index in [1.165, 1.54) is 23.5 Å². The number of phenolic OH excluding ortho intramolecular Hbond substituents is 2. The number of ether oxygens (including phenoxy) is 1. The van der Waals surface area contributed by atoms with Gasteiger partial charge in [-0.15, -0.1) is 11.3 Å². The van der Waals surface area contributed by atoms with Crippen molar-refractivity contribution in [3.8, 4) is 28.5 Å². The molecule has 0 saturated carbocycles. The highest BCUT2D eigenvalue weighted by molar-refractivity contribution is 7.14. The molecular formula is C17H16N2O3S. The van der Waals surface area contributed by atoms with Gasteiger partial charge in [0.15, 0.2) is 5.13 Å². The van der Waals surface area contributed by atoms with E-state index in [9.17, 15) is 10.2 Å². The number of benzene rings is 2. The van der Waals surface area contributed by atoms with E-state index in [0.717, 1.165) is 16.4 Å². The number of hydrogen-bond donors (Lipinski definition) is 3. The molecule has 2 aromatic carbocycles. The molecule has 0 spiro atoms. The van der Waals surface area contributed by atoms with E-state index < -0.39 is 0 Å². The van der Waals surface area contributed by atoms with Gasteiger partial charge >= 0.3 is 0 Å². The number of hydrogen-bond acceptors (Lipinski definition) is 6. The van der Waals surface area contributed by atoms with Crippen LogP contribution in [0.25, 0.3) is 11.3 Å². The summed E-state index contributed by atoms with van der Waals surface area (Å²) in [7, 11) is 1.65. The highest BCUT2D eigenvalue weighted by Gasteiger charge is 2.10. The van der Waals surface area contributed by atoms with Gasteiger partial charge in [0.25, 0.3) is 0 Å². The van der Waals surface area contributed by atoms with Crippen molar-refractivity contribution < 1.29 is 14.9 Å². The zero-order valence-corrected chi connectivity index (χ0v) is 13.3. The van der Waals surface area contributed by atoms with Crippen molar-refractivity contribution in [2.45, 2.75) is 6.54 Å². The quantitative estimate of drug-likeness (QED) is 0.663. The third-order valence-corrected chi connectivity index (χ3v) is 4.18. The van der Waals surface area contributed by atoms with Gasteiger partial charge in [0.2, 0.25) is 0 Å². The molecule has 0 aliphatic rings. The number of phenols is 2. The summed E-state index contributed by atoms with van der Waals surface area (Å²) >= 11 is 1.45. The zero-order chi connectivity index (χ0) is 16.2. The fourth-order valence-electron chi connectivity index (χ4n) is 2.24. The Bertz CT molecular complexity index is 817. The van der Waals surface area contributed by atoms with E-state index >= 15 is 0 Å². The Morgan fingerprint density at radius 2 is 2.00 bits per heavy atom. The molecule has 3 rings (SSSR count). The van der Waals surface area contributed by atoms with Gasteiger partial charge in [-0.25, -0.2) is 4.98 Å². The summed E-state index contributed by atoms with van der Waals surface area (Å²) in [5.41, 5.74) is 2.29. The maximum atomic E-state index is 9.90. The normalized spacial score (nSPS) is 10.5. The van der Waals surface area contributed by atoms with E-state index in [1.54, 1.807) is 13.2 Å². The summed E-state index contributed by atoms with van der Waals surface area (Å²) in [6, 6.07) is 12.3. The first-order chi connectivity index (χ1) is 11.2. The molecule has 5 nitrogen and oxygen atoms in total. The molecule has 3 aromatic rings. The molecule has 0 amide bonds. The number of nitrogens with zero attached hydrogens (tertiary/aromatic N) is 1. The van der Waals surface area contributed by atoms with Crippen LogP contribution >= 0.6 is 11.3 Å². The molecular weight excluding hydrogens is 312 g/mol. The van der Waals surface area contributed by atoms with Crippen molar-refractivity contribution in [1.82, 2.24) is 4.98 Å². The van der Waals surface area contributed by atoms with Gasteiger partial charge in [0, 0.05) is 29.1 Å². The van der Waals surface area contributed by atoms with Crippen molar-refractivity contribution in [2.75, 3.05) is 12.4 Å². The molecule has 0 aliphatic carbocycles. The van der Waals surface area contributed by atoms with Crippen molar-refractivity contribution in [3.63, 3.8) is 0 Å². The Balaban J connectivity index is 1.75. The summed E-state index contributed by atoms with van der Waals surface area (Å²) in [6.45, 7) is 0.596. The fourth-order valence-corrected chi connectivity index (χ4v) is 2.94. The predicted molar refractivity (Wildman–Crippen MR) is 91.2 cm³/mol. The van der Waals surface area contributed by atoms with Crippen molar-refractivity contribution in [3.05, 3.63) is 53.4 Å². The van der Waals surface area contributed by atoms with Crippen LogP contribution in [0.5, 0.6) is 17.2 Å². The smallest absolute Gasteiger partial charge is 0.183 e. The van der Waals surface area contributed by atoms with Gasteiger partial charge in [-0.1, -0.05) is 18.2 Å². The molecule has 3 N–H and O–H groups in total. The van der Waals surface area contributed by atoms with E-state index in [-0.39, 0.29) is 11.5 Å². The Hall–Kier alpha value is -2.73. The summed E-state index contributed by atoms with van der Waals surface area (Å²) < 4.78 is 5.32. The third kappa shape index (κ3) is 3.37. The first-order valence-corrected chi connectivity index (χ1v) is 7.89. The Morgan fingerprint density at radius 1 is 1.17 bits per heavy atom. The summed E-state index contributed by atoms with van der Waals surface area (Å²) in [5, 5.41) is 25.1. The lowest BCUT2D eigenvalue weighted by atomic mass is 10.1. The van der Waals surface area contributed by atoms with E-state index in [0.29, 0.717) is 17.8 Å². The van der Waals surface area contributed by atoms with Crippen LogP contribution in [-0.2, 0) is 6.54 Å². The lowest BCUT2D eigenvalue weighted by molar-refractivity contribution is 0.410. The minimum Gasteiger partial charge on any atom is -0.508 e. The Morgan fingerprint density at radius 3 is 2.78 bits per heavy atom. The monoisotopic (exact) mass is 328 g/mol. The number of methoxy groups -OCH3 is 1. The molecule has 0 radical (unpaired) electrons. The molecule has 0 aliphatic heterocycles. The zero-order valence-electron chi connectivity index (χ0n) is 12.5. The molecule has 0 unspecified atom stereocenters. The van der Waals surface area contributed by atoms with Crippen LogP contribution in [0.1, 0.15) is 5.56 Å². The number of nitrogens with one attached hydrogen (secondary N) is 1. The van der Waals surface area contributed by atoms with E-state index in [2.05, 4.69) is 10.3 Å². The first kappa shape index (κ1) is 15.2. The second-order valence-electron chi connectivity index (χ2n) is 4.90. The van der Waals surface area contributed by atoms with Crippen molar-refractivity contribution in [1.29, 1.82) is 0 Å². The van der Waals surface area contributed by atoms with Gasteiger partial charge in [-0.3, -0.25) is 0 Å². The second kappa shape index (κ2) is 6.58. The minimum absolute atomic E-state index is 0.00609. The molecule has 6 heteroatoms. The van der Waals surface area contributed by atoms with E-state index in [1.807, 2.05) is 29.6 Å². The molecule has 23 heavy (non-hydrogen) atoms. The number of rotatable bonds is 5. The van der Waals surface area contributed by atoms with Crippen molar-refractivity contribution in [2.24, 2.45) is 0 Å². The molecule has 118 valence electrons. The number of aromatic hydroxyl groups is 2.